The summed E-state index contributed by atoms with van der Waals surface area (Å²) in [5.41, 5.74) is 2.52. The SMILES string of the molecule is CCN(CC)CCn1c(C(=O)OC)cc2c3c(=O)cc(C)[nH]c3cc(OC)c21. The molecule has 0 saturated heterocycles. The number of aromatic amines is 1. The Balaban J connectivity index is 2.34. The van der Waals surface area contributed by atoms with Crippen LogP contribution in [-0.4, -0.2) is 54.3 Å². The van der Waals surface area contributed by atoms with Crippen molar-refractivity contribution in [2.75, 3.05) is 33.9 Å². The first-order valence-electron chi connectivity index (χ1n) is 9.49. The number of fused-ring (bicyclic) bond motifs is 3. The van der Waals surface area contributed by atoms with Gasteiger partial charge in [-0.2, -0.15) is 0 Å². The molecule has 0 spiro atoms. The van der Waals surface area contributed by atoms with E-state index in [0.717, 1.165) is 30.8 Å². The van der Waals surface area contributed by atoms with Crippen molar-refractivity contribution in [1.29, 1.82) is 0 Å². The first-order valence-corrected chi connectivity index (χ1v) is 9.49. The molecule has 0 amide bonds. The van der Waals surface area contributed by atoms with Crippen molar-refractivity contribution < 1.29 is 14.3 Å². The number of carbonyl (C=O) groups is 1. The van der Waals surface area contributed by atoms with Crippen molar-refractivity contribution in [3.63, 3.8) is 0 Å². The number of nitrogens with one attached hydrogen (secondary N) is 1. The summed E-state index contributed by atoms with van der Waals surface area (Å²) in [5, 5.41) is 1.24. The molecule has 0 atom stereocenters. The fourth-order valence-electron chi connectivity index (χ4n) is 3.75. The minimum Gasteiger partial charge on any atom is -0.494 e. The first-order chi connectivity index (χ1) is 13.4. The predicted octanol–water partition coefficient (Wildman–Crippen LogP) is 2.93. The molecule has 1 aromatic carbocycles. The van der Waals surface area contributed by atoms with E-state index >= 15 is 0 Å². The quantitative estimate of drug-likeness (QED) is 0.633. The first kappa shape index (κ1) is 19.9. The molecule has 0 aliphatic rings. The van der Waals surface area contributed by atoms with E-state index in [9.17, 15) is 9.59 Å². The van der Waals surface area contributed by atoms with Crippen LogP contribution in [0.2, 0.25) is 0 Å². The highest BCUT2D eigenvalue weighted by Gasteiger charge is 2.22. The molecule has 0 unspecified atom stereocenters. The molecule has 28 heavy (non-hydrogen) atoms. The number of benzene rings is 1. The van der Waals surface area contributed by atoms with Gasteiger partial charge in [0, 0.05) is 36.3 Å². The molecule has 0 bridgehead atoms. The van der Waals surface area contributed by atoms with Crippen molar-refractivity contribution in [3.8, 4) is 5.75 Å². The van der Waals surface area contributed by atoms with Crippen LogP contribution in [0.1, 0.15) is 30.0 Å². The van der Waals surface area contributed by atoms with Crippen molar-refractivity contribution >= 4 is 27.8 Å². The summed E-state index contributed by atoms with van der Waals surface area (Å²) in [5.74, 6) is 0.174. The van der Waals surface area contributed by atoms with Crippen molar-refractivity contribution in [3.05, 3.63) is 39.8 Å². The number of H-pyrrole nitrogens is 1. The average molecular weight is 385 g/mol. The Kier molecular flexibility index (Phi) is 5.74. The molecule has 3 rings (SSSR count). The zero-order valence-corrected chi connectivity index (χ0v) is 17.1. The Labute approximate surface area is 163 Å². The van der Waals surface area contributed by atoms with Crippen molar-refractivity contribution in [1.82, 2.24) is 14.5 Å². The molecule has 2 aromatic heterocycles. The monoisotopic (exact) mass is 385 g/mol. The lowest BCUT2D eigenvalue weighted by Crippen LogP contribution is -2.28. The molecule has 2 heterocycles. The number of pyridine rings is 1. The smallest absolute Gasteiger partial charge is 0.354 e. The fourth-order valence-corrected chi connectivity index (χ4v) is 3.75. The largest absolute Gasteiger partial charge is 0.494 e. The minimum atomic E-state index is -0.436. The molecule has 0 aliphatic heterocycles. The Morgan fingerprint density at radius 3 is 2.50 bits per heavy atom. The second kappa shape index (κ2) is 8.06. The highest BCUT2D eigenvalue weighted by atomic mass is 16.5. The summed E-state index contributed by atoms with van der Waals surface area (Å²) >= 11 is 0. The number of rotatable bonds is 7. The van der Waals surface area contributed by atoms with Gasteiger partial charge in [-0.05, 0) is 26.1 Å². The maximum atomic E-state index is 12.7. The molecule has 1 N–H and O–H groups in total. The van der Waals surface area contributed by atoms with Gasteiger partial charge in [-0.1, -0.05) is 13.8 Å². The minimum absolute atomic E-state index is 0.0868. The number of ether oxygens (including phenoxy) is 2. The van der Waals surface area contributed by atoms with Crippen molar-refractivity contribution in [2.45, 2.75) is 27.3 Å². The summed E-state index contributed by atoms with van der Waals surface area (Å²) in [4.78, 5) is 30.7. The van der Waals surface area contributed by atoms with E-state index in [1.807, 2.05) is 17.6 Å². The highest BCUT2D eigenvalue weighted by molar-refractivity contribution is 6.11. The Morgan fingerprint density at radius 2 is 1.89 bits per heavy atom. The summed E-state index contributed by atoms with van der Waals surface area (Å²) in [7, 11) is 2.95. The van der Waals surface area contributed by atoms with Gasteiger partial charge in [-0.3, -0.25) is 4.79 Å². The van der Waals surface area contributed by atoms with Gasteiger partial charge < -0.3 is 23.9 Å². The van der Waals surface area contributed by atoms with Crippen LogP contribution >= 0.6 is 0 Å². The van der Waals surface area contributed by atoms with Gasteiger partial charge in [-0.25, -0.2) is 4.79 Å². The highest BCUT2D eigenvalue weighted by Crippen LogP contribution is 2.34. The van der Waals surface area contributed by atoms with E-state index in [4.69, 9.17) is 9.47 Å². The number of esters is 1. The van der Waals surface area contributed by atoms with Crippen LogP contribution in [0.5, 0.6) is 5.75 Å². The number of hydrogen-bond acceptors (Lipinski definition) is 5. The third-order valence-electron chi connectivity index (χ3n) is 5.22. The van der Waals surface area contributed by atoms with Crippen LogP contribution < -0.4 is 10.2 Å². The molecule has 0 aliphatic carbocycles. The normalized spacial score (nSPS) is 11.5. The Hall–Kier alpha value is -2.80. The predicted molar refractivity (Wildman–Crippen MR) is 110 cm³/mol. The third-order valence-corrected chi connectivity index (χ3v) is 5.22. The standard InChI is InChI=1S/C21H27N3O4/c1-6-23(7-2)8-9-24-16(21(26)28-5)11-14-19-15(12-18(27-4)20(14)24)22-13(3)10-17(19)25/h10-12H,6-9H2,1-5H3,(H,22,25). The van der Waals surface area contributed by atoms with Gasteiger partial charge in [0.25, 0.3) is 0 Å². The van der Waals surface area contributed by atoms with Crippen molar-refractivity contribution in [2.24, 2.45) is 0 Å². The molecule has 0 saturated carbocycles. The van der Waals surface area contributed by atoms with Gasteiger partial charge in [-0.15, -0.1) is 0 Å². The molecular formula is C21H27N3O4. The molecule has 3 aromatic rings. The average Bonchev–Trinajstić information content (AvgIpc) is 3.06. The van der Waals surface area contributed by atoms with E-state index in [1.165, 1.54) is 7.11 Å². The number of methoxy groups -OCH3 is 2. The number of likely N-dealkylation sites (N-methyl/N-ethyl adjacent to an activating group) is 1. The maximum absolute atomic E-state index is 12.7. The third kappa shape index (κ3) is 3.38. The van der Waals surface area contributed by atoms with E-state index < -0.39 is 5.97 Å². The van der Waals surface area contributed by atoms with Crippen LogP contribution in [0.15, 0.2) is 23.0 Å². The summed E-state index contributed by atoms with van der Waals surface area (Å²) < 4.78 is 12.5. The number of aryl methyl sites for hydroxylation is 1. The Morgan fingerprint density at radius 1 is 1.18 bits per heavy atom. The number of hydrogen-bond donors (Lipinski definition) is 1. The van der Waals surface area contributed by atoms with Crippen LogP contribution in [-0.2, 0) is 11.3 Å². The molecule has 150 valence electrons. The lowest BCUT2D eigenvalue weighted by molar-refractivity contribution is 0.0588. The van der Waals surface area contributed by atoms with Gasteiger partial charge >= 0.3 is 5.97 Å². The van der Waals surface area contributed by atoms with E-state index in [0.29, 0.717) is 34.3 Å². The van der Waals surface area contributed by atoms with E-state index in [1.54, 1.807) is 19.2 Å². The zero-order chi connectivity index (χ0) is 20.4. The second-order valence-corrected chi connectivity index (χ2v) is 6.78. The van der Waals surface area contributed by atoms with E-state index in [2.05, 4.69) is 23.7 Å². The number of carbonyl (C=O) groups excluding carboxylic acids is 1. The van der Waals surface area contributed by atoms with Crippen LogP contribution in [0.3, 0.4) is 0 Å². The van der Waals surface area contributed by atoms with Gasteiger partial charge in [0.05, 0.1) is 30.6 Å². The Bertz CT molecular complexity index is 1080. The zero-order valence-electron chi connectivity index (χ0n) is 17.1. The number of nitrogens with zero attached hydrogens (tertiary/aromatic N) is 2. The van der Waals surface area contributed by atoms with Crippen LogP contribution in [0, 0.1) is 6.92 Å². The molecule has 0 fully saturated rings. The topological polar surface area (TPSA) is 76.6 Å². The lowest BCUT2D eigenvalue weighted by Gasteiger charge is -2.20. The van der Waals surface area contributed by atoms with E-state index in [-0.39, 0.29) is 5.43 Å². The maximum Gasteiger partial charge on any atom is 0.354 e. The summed E-state index contributed by atoms with van der Waals surface area (Å²) in [6.45, 7) is 9.24. The molecule has 7 nitrogen and oxygen atoms in total. The molecule has 7 heteroatoms. The lowest BCUT2D eigenvalue weighted by atomic mass is 10.1. The van der Waals surface area contributed by atoms with Gasteiger partial charge in [0.2, 0.25) is 0 Å². The van der Waals surface area contributed by atoms with Gasteiger partial charge in [0.15, 0.2) is 5.43 Å². The number of aromatic nitrogens is 2. The fraction of sp³-hybridized carbons (Fsp3) is 0.429. The van der Waals surface area contributed by atoms with Crippen LogP contribution in [0.4, 0.5) is 0 Å². The summed E-state index contributed by atoms with van der Waals surface area (Å²) in [6, 6.07) is 5.12. The molecular weight excluding hydrogens is 358 g/mol. The summed E-state index contributed by atoms with van der Waals surface area (Å²) in [6.07, 6.45) is 0. The van der Waals surface area contributed by atoms with Crippen LogP contribution in [0.25, 0.3) is 21.8 Å². The van der Waals surface area contributed by atoms with Gasteiger partial charge in [0.1, 0.15) is 11.4 Å². The second-order valence-electron chi connectivity index (χ2n) is 6.78. The molecule has 0 radical (unpaired) electrons.